The van der Waals surface area contributed by atoms with Crippen LogP contribution in [0.25, 0.3) is 0 Å². The number of ether oxygens (including phenoxy) is 3. The topological polar surface area (TPSA) is 135 Å². The molecule has 1 fully saturated rings. The Morgan fingerprint density at radius 3 is 2.19 bits per heavy atom. The van der Waals surface area contributed by atoms with Crippen LogP contribution in [0, 0.1) is 10.1 Å². The van der Waals surface area contributed by atoms with Crippen molar-refractivity contribution in [1.29, 1.82) is 0 Å². The molecule has 0 aliphatic carbocycles. The molecule has 140 valence electrons. The fourth-order valence-corrected chi connectivity index (χ4v) is 2.33. The molecule has 1 aromatic rings. The van der Waals surface area contributed by atoms with Gasteiger partial charge in [0.15, 0.2) is 11.5 Å². The maximum Gasteiger partial charge on any atom is 0.534 e. The average molecular weight is 368 g/mol. The van der Waals surface area contributed by atoms with E-state index < -0.39 is 29.0 Å². The molecule has 1 unspecified atom stereocenters. The van der Waals surface area contributed by atoms with E-state index in [1.54, 1.807) is 0 Å². The first-order valence-electron chi connectivity index (χ1n) is 7.43. The summed E-state index contributed by atoms with van der Waals surface area (Å²) in [6.07, 6.45) is -2.60. The third kappa shape index (κ3) is 3.82. The maximum absolute atomic E-state index is 11.8. The Kier molecular flexibility index (Phi) is 5.60. The predicted molar refractivity (Wildman–Crippen MR) is 83.3 cm³/mol. The summed E-state index contributed by atoms with van der Waals surface area (Å²) in [5, 5.41) is 11.6. The highest BCUT2D eigenvalue weighted by Gasteiger charge is 2.34. The van der Waals surface area contributed by atoms with E-state index in [2.05, 4.69) is 4.84 Å². The van der Waals surface area contributed by atoms with Crippen LogP contribution in [0.4, 0.5) is 10.5 Å². The van der Waals surface area contributed by atoms with Crippen LogP contribution >= 0.6 is 0 Å². The second kappa shape index (κ2) is 7.68. The molecule has 1 saturated heterocycles. The minimum atomic E-state index is -1.34. The number of amides is 2. The van der Waals surface area contributed by atoms with Gasteiger partial charge < -0.3 is 14.2 Å². The lowest BCUT2D eigenvalue weighted by atomic mass is 10.1. The van der Waals surface area contributed by atoms with Crippen molar-refractivity contribution >= 4 is 23.7 Å². The SMILES string of the molecule is COc1cc(C(C)OC(=O)ON2C(=O)CCC2=O)c([N+](=O)[O-])cc1OC. The van der Waals surface area contributed by atoms with E-state index in [1.807, 2.05) is 0 Å². The molecule has 11 heteroatoms. The summed E-state index contributed by atoms with van der Waals surface area (Å²) in [5.74, 6) is -1.01. The molecule has 0 saturated carbocycles. The fraction of sp³-hybridized carbons (Fsp3) is 0.400. The van der Waals surface area contributed by atoms with Gasteiger partial charge in [0.1, 0.15) is 6.10 Å². The van der Waals surface area contributed by atoms with Crippen LogP contribution in [-0.2, 0) is 19.2 Å². The van der Waals surface area contributed by atoms with Crippen LogP contribution < -0.4 is 9.47 Å². The van der Waals surface area contributed by atoms with Crippen LogP contribution in [0.2, 0.25) is 0 Å². The summed E-state index contributed by atoms with van der Waals surface area (Å²) in [6, 6.07) is 2.42. The van der Waals surface area contributed by atoms with E-state index in [4.69, 9.17) is 14.2 Å². The molecule has 0 radical (unpaired) electrons. The molecule has 0 spiro atoms. The Hall–Kier alpha value is -3.37. The lowest BCUT2D eigenvalue weighted by Crippen LogP contribution is -2.32. The maximum atomic E-state index is 11.8. The highest BCUT2D eigenvalue weighted by Crippen LogP contribution is 2.38. The predicted octanol–water partition coefficient (Wildman–Crippen LogP) is 1.89. The van der Waals surface area contributed by atoms with Crippen molar-refractivity contribution in [2.24, 2.45) is 0 Å². The second-order valence-electron chi connectivity index (χ2n) is 5.21. The van der Waals surface area contributed by atoms with Gasteiger partial charge in [0.25, 0.3) is 17.5 Å². The van der Waals surface area contributed by atoms with E-state index >= 15 is 0 Å². The molecule has 0 bridgehead atoms. The minimum Gasteiger partial charge on any atom is -0.493 e. The standard InChI is InChI=1S/C15H16N2O9/c1-8(25-15(20)26-16-13(18)4-5-14(16)19)9-6-11(23-2)12(24-3)7-10(9)17(21)22/h6-8H,4-5H2,1-3H3. The molecule has 11 nitrogen and oxygen atoms in total. The van der Waals surface area contributed by atoms with Gasteiger partial charge in [0.05, 0.1) is 30.8 Å². The number of benzene rings is 1. The van der Waals surface area contributed by atoms with Crippen molar-refractivity contribution in [2.75, 3.05) is 14.2 Å². The van der Waals surface area contributed by atoms with Gasteiger partial charge in [-0.05, 0) is 13.0 Å². The quantitative estimate of drug-likeness (QED) is 0.319. The normalized spacial score (nSPS) is 14.8. The average Bonchev–Trinajstić information content (AvgIpc) is 2.92. The first-order chi connectivity index (χ1) is 12.3. The first-order valence-corrected chi connectivity index (χ1v) is 7.43. The number of imide groups is 1. The molecule has 0 aromatic heterocycles. The van der Waals surface area contributed by atoms with Gasteiger partial charge in [-0.1, -0.05) is 5.06 Å². The molecular formula is C15H16N2O9. The Labute approximate surface area is 147 Å². The zero-order valence-corrected chi connectivity index (χ0v) is 14.2. The fourth-order valence-electron chi connectivity index (χ4n) is 2.33. The number of hydroxylamine groups is 2. The number of nitrogens with zero attached hydrogens (tertiary/aromatic N) is 2. The van der Waals surface area contributed by atoms with Gasteiger partial charge in [0.2, 0.25) is 0 Å². The van der Waals surface area contributed by atoms with Crippen LogP contribution in [0.1, 0.15) is 31.4 Å². The third-order valence-electron chi connectivity index (χ3n) is 3.61. The Morgan fingerprint density at radius 1 is 1.15 bits per heavy atom. The molecule has 1 aliphatic rings. The lowest BCUT2D eigenvalue weighted by molar-refractivity contribution is -0.386. The summed E-state index contributed by atoms with van der Waals surface area (Å²) in [4.78, 5) is 49.9. The number of rotatable bonds is 6. The molecule has 1 atom stereocenters. The Balaban J connectivity index is 2.21. The zero-order valence-electron chi connectivity index (χ0n) is 14.2. The van der Waals surface area contributed by atoms with Crippen molar-refractivity contribution in [3.05, 3.63) is 27.8 Å². The molecule has 2 rings (SSSR count). The summed E-state index contributed by atoms with van der Waals surface area (Å²) in [7, 11) is 2.67. The number of hydrogen-bond acceptors (Lipinski definition) is 9. The minimum absolute atomic E-state index is 0.0173. The summed E-state index contributed by atoms with van der Waals surface area (Å²) >= 11 is 0. The Morgan fingerprint density at radius 2 is 1.69 bits per heavy atom. The van der Waals surface area contributed by atoms with Crippen molar-refractivity contribution in [1.82, 2.24) is 5.06 Å². The van der Waals surface area contributed by atoms with E-state index in [-0.39, 0.29) is 35.6 Å². The van der Waals surface area contributed by atoms with E-state index in [0.29, 0.717) is 5.06 Å². The molecule has 2 amide bonds. The highest BCUT2D eigenvalue weighted by atomic mass is 16.8. The second-order valence-corrected chi connectivity index (χ2v) is 5.21. The van der Waals surface area contributed by atoms with E-state index in [9.17, 15) is 24.5 Å². The number of nitro groups is 1. The van der Waals surface area contributed by atoms with Gasteiger partial charge in [-0.25, -0.2) is 4.79 Å². The smallest absolute Gasteiger partial charge is 0.493 e. The van der Waals surface area contributed by atoms with Crippen LogP contribution in [0.5, 0.6) is 11.5 Å². The summed E-state index contributed by atoms with van der Waals surface area (Å²) in [5.41, 5.74) is -0.347. The molecule has 1 heterocycles. The molecule has 1 aromatic carbocycles. The first kappa shape index (κ1) is 19.0. The number of methoxy groups -OCH3 is 2. The third-order valence-corrected chi connectivity index (χ3v) is 3.61. The van der Waals surface area contributed by atoms with Crippen LogP contribution in [-0.4, -0.2) is 42.2 Å². The van der Waals surface area contributed by atoms with Crippen molar-refractivity contribution in [2.45, 2.75) is 25.9 Å². The number of carbonyl (C=O) groups excluding carboxylic acids is 3. The van der Waals surface area contributed by atoms with Gasteiger partial charge in [0, 0.05) is 12.8 Å². The summed E-state index contributed by atoms with van der Waals surface area (Å²) in [6.45, 7) is 1.36. The van der Waals surface area contributed by atoms with Gasteiger partial charge in [-0.15, -0.1) is 0 Å². The monoisotopic (exact) mass is 368 g/mol. The van der Waals surface area contributed by atoms with Crippen molar-refractivity contribution < 1.29 is 38.4 Å². The number of nitro benzene ring substituents is 1. The summed E-state index contributed by atoms with van der Waals surface area (Å²) < 4.78 is 15.0. The van der Waals surface area contributed by atoms with Gasteiger partial charge in [-0.2, -0.15) is 0 Å². The lowest BCUT2D eigenvalue weighted by Gasteiger charge is -2.17. The molecular weight excluding hydrogens is 352 g/mol. The van der Waals surface area contributed by atoms with Crippen LogP contribution in [0.3, 0.4) is 0 Å². The van der Waals surface area contributed by atoms with E-state index in [1.165, 1.54) is 27.2 Å². The Bertz CT molecular complexity index is 746. The molecule has 0 N–H and O–H groups in total. The van der Waals surface area contributed by atoms with Crippen LogP contribution in [0.15, 0.2) is 12.1 Å². The van der Waals surface area contributed by atoms with Crippen molar-refractivity contribution in [3.8, 4) is 11.5 Å². The number of hydrogen-bond donors (Lipinski definition) is 0. The van der Waals surface area contributed by atoms with Crippen molar-refractivity contribution in [3.63, 3.8) is 0 Å². The molecule has 26 heavy (non-hydrogen) atoms. The zero-order chi connectivity index (χ0) is 19.4. The largest absolute Gasteiger partial charge is 0.534 e. The highest BCUT2D eigenvalue weighted by molar-refractivity contribution is 6.01. The van der Waals surface area contributed by atoms with E-state index in [0.717, 1.165) is 6.07 Å². The number of carbonyl (C=O) groups is 3. The van der Waals surface area contributed by atoms with Gasteiger partial charge >= 0.3 is 6.16 Å². The van der Waals surface area contributed by atoms with Gasteiger partial charge in [-0.3, -0.25) is 24.5 Å². The molecule has 1 aliphatic heterocycles.